The van der Waals surface area contributed by atoms with Crippen LogP contribution < -0.4 is 10.6 Å². The van der Waals surface area contributed by atoms with Crippen molar-refractivity contribution >= 4 is 28.2 Å². The van der Waals surface area contributed by atoms with Crippen LogP contribution in [0.5, 0.6) is 0 Å². The Hall–Kier alpha value is -1.30. The van der Waals surface area contributed by atoms with Crippen LogP contribution in [0, 0.1) is 5.92 Å². The number of nitrogen functional groups attached to an aromatic ring is 1. The molecule has 114 valence electrons. The third kappa shape index (κ3) is 3.85. The molecule has 1 unspecified atom stereocenters. The Balaban J connectivity index is 2.89. The number of nitrogens with zero attached hydrogens (tertiary/aromatic N) is 3. The van der Waals surface area contributed by atoms with Crippen molar-refractivity contribution in [1.29, 1.82) is 0 Å². The minimum atomic E-state index is -0.0381. The van der Waals surface area contributed by atoms with Gasteiger partial charge in [-0.2, -0.15) is 0 Å². The maximum Gasteiger partial charge on any atom is 0.267 e. The van der Waals surface area contributed by atoms with E-state index in [1.165, 1.54) is 11.3 Å². The first kappa shape index (κ1) is 16.8. The summed E-state index contributed by atoms with van der Waals surface area (Å²) in [7, 11) is 3.77. The number of aromatic nitrogens is 1. The van der Waals surface area contributed by atoms with Crippen LogP contribution in [0.4, 0.5) is 10.9 Å². The Morgan fingerprint density at radius 2 is 1.95 bits per heavy atom. The fourth-order valence-electron chi connectivity index (χ4n) is 1.97. The van der Waals surface area contributed by atoms with E-state index in [1.54, 1.807) is 4.90 Å². The van der Waals surface area contributed by atoms with Crippen molar-refractivity contribution in [1.82, 2.24) is 9.88 Å². The van der Waals surface area contributed by atoms with Crippen LogP contribution >= 0.6 is 11.3 Å². The van der Waals surface area contributed by atoms with Gasteiger partial charge in [-0.05, 0) is 26.2 Å². The Morgan fingerprint density at radius 1 is 1.35 bits per heavy atom. The van der Waals surface area contributed by atoms with E-state index >= 15 is 0 Å². The molecule has 0 spiro atoms. The van der Waals surface area contributed by atoms with Crippen LogP contribution in [0.2, 0.25) is 0 Å². The molecule has 6 heteroatoms. The summed E-state index contributed by atoms with van der Waals surface area (Å²) in [5.74, 6) is 0.851. The van der Waals surface area contributed by atoms with Gasteiger partial charge in [-0.1, -0.05) is 25.2 Å². The predicted octanol–water partition coefficient (Wildman–Crippen LogP) is 2.69. The SMILES string of the molecule is CCN(C)c1nc(N)c(C(=O)N(C)C(C)CC(C)C)s1. The zero-order valence-corrected chi connectivity index (χ0v) is 14.1. The van der Waals surface area contributed by atoms with E-state index in [2.05, 4.69) is 25.8 Å². The Labute approximate surface area is 125 Å². The molecular weight excluding hydrogens is 272 g/mol. The Kier molecular flexibility index (Phi) is 5.80. The number of anilines is 2. The van der Waals surface area contributed by atoms with Gasteiger partial charge in [0.25, 0.3) is 5.91 Å². The number of amides is 1. The highest BCUT2D eigenvalue weighted by atomic mass is 32.1. The number of carbonyl (C=O) groups is 1. The van der Waals surface area contributed by atoms with Crippen LogP contribution in [-0.2, 0) is 0 Å². The molecule has 1 heterocycles. The van der Waals surface area contributed by atoms with Gasteiger partial charge >= 0.3 is 0 Å². The first-order valence-corrected chi connectivity index (χ1v) is 7.84. The molecule has 0 bridgehead atoms. The monoisotopic (exact) mass is 298 g/mol. The second-order valence-electron chi connectivity index (χ2n) is 5.62. The van der Waals surface area contributed by atoms with E-state index in [4.69, 9.17) is 5.73 Å². The molecule has 0 aliphatic rings. The summed E-state index contributed by atoms with van der Waals surface area (Å²) in [4.78, 5) is 21.1. The first-order chi connectivity index (χ1) is 9.27. The molecular formula is C14H26N4OS. The van der Waals surface area contributed by atoms with Gasteiger partial charge in [-0.15, -0.1) is 0 Å². The number of carbonyl (C=O) groups excluding carboxylic acids is 1. The molecule has 1 atom stereocenters. The first-order valence-electron chi connectivity index (χ1n) is 7.02. The van der Waals surface area contributed by atoms with Crippen LogP contribution in [0.25, 0.3) is 0 Å². The molecule has 1 rings (SSSR count). The van der Waals surface area contributed by atoms with Crippen LogP contribution in [-0.4, -0.2) is 42.5 Å². The molecule has 0 aliphatic carbocycles. The zero-order valence-electron chi connectivity index (χ0n) is 13.3. The van der Waals surface area contributed by atoms with Gasteiger partial charge < -0.3 is 15.5 Å². The standard InChI is InChI=1S/C14H26N4OS/c1-7-17(5)14-16-12(15)11(20-14)13(19)18(6)10(4)8-9(2)3/h9-10H,7-8,15H2,1-6H3. The van der Waals surface area contributed by atoms with E-state index in [0.717, 1.165) is 18.1 Å². The van der Waals surface area contributed by atoms with Crippen molar-refractivity contribution < 1.29 is 4.79 Å². The molecule has 0 radical (unpaired) electrons. The Morgan fingerprint density at radius 3 is 2.45 bits per heavy atom. The van der Waals surface area contributed by atoms with E-state index in [9.17, 15) is 4.79 Å². The third-order valence-corrected chi connectivity index (χ3v) is 4.60. The molecule has 1 aromatic rings. The van der Waals surface area contributed by atoms with E-state index in [0.29, 0.717) is 16.6 Å². The number of hydrogen-bond acceptors (Lipinski definition) is 5. The summed E-state index contributed by atoms with van der Waals surface area (Å²) in [5, 5.41) is 0.790. The van der Waals surface area contributed by atoms with Gasteiger partial charge in [0.1, 0.15) is 10.7 Å². The lowest BCUT2D eigenvalue weighted by atomic mass is 10.0. The Bertz CT molecular complexity index is 458. The predicted molar refractivity (Wildman–Crippen MR) is 86.5 cm³/mol. The van der Waals surface area contributed by atoms with Crippen molar-refractivity contribution in [2.45, 2.75) is 40.2 Å². The summed E-state index contributed by atoms with van der Waals surface area (Å²) in [6.07, 6.45) is 0.975. The maximum atomic E-state index is 12.5. The van der Waals surface area contributed by atoms with E-state index in [-0.39, 0.29) is 11.9 Å². The molecule has 0 aromatic carbocycles. The summed E-state index contributed by atoms with van der Waals surface area (Å²) >= 11 is 1.36. The quantitative estimate of drug-likeness (QED) is 0.877. The highest BCUT2D eigenvalue weighted by molar-refractivity contribution is 7.18. The van der Waals surface area contributed by atoms with Crippen molar-refractivity contribution in [3.05, 3.63) is 4.88 Å². The van der Waals surface area contributed by atoms with Crippen LogP contribution in [0.1, 0.15) is 43.8 Å². The average molecular weight is 298 g/mol. The smallest absolute Gasteiger partial charge is 0.267 e. The van der Waals surface area contributed by atoms with Crippen molar-refractivity contribution in [3.63, 3.8) is 0 Å². The normalized spacial score (nSPS) is 12.6. The van der Waals surface area contributed by atoms with Crippen LogP contribution in [0.15, 0.2) is 0 Å². The summed E-state index contributed by atoms with van der Waals surface area (Å²) in [6, 6.07) is 0.191. The molecule has 0 saturated heterocycles. The lowest BCUT2D eigenvalue weighted by molar-refractivity contribution is 0.0734. The topological polar surface area (TPSA) is 62.5 Å². The fraction of sp³-hybridized carbons (Fsp3) is 0.714. The maximum absolute atomic E-state index is 12.5. The van der Waals surface area contributed by atoms with Crippen molar-refractivity contribution in [2.24, 2.45) is 5.92 Å². The third-order valence-electron chi connectivity index (χ3n) is 3.43. The van der Waals surface area contributed by atoms with Gasteiger partial charge in [0.15, 0.2) is 5.13 Å². The molecule has 2 N–H and O–H groups in total. The van der Waals surface area contributed by atoms with Gasteiger partial charge in [-0.3, -0.25) is 4.79 Å². The highest BCUT2D eigenvalue weighted by Gasteiger charge is 2.24. The van der Waals surface area contributed by atoms with Gasteiger partial charge in [0.05, 0.1) is 0 Å². The molecule has 5 nitrogen and oxygen atoms in total. The van der Waals surface area contributed by atoms with Crippen LogP contribution in [0.3, 0.4) is 0 Å². The van der Waals surface area contributed by atoms with Gasteiger partial charge in [0.2, 0.25) is 0 Å². The number of thiazole rings is 1. The molecule has 0 aliphatic heterocycles. The summed E-state index contributed by atoms with van der Waals surface area (Å²) in [6.45, 7) is 9.25. The number of rotatable bonds is 6. The number of nitrogens with two attached hydrogens (primary N) is 1. The lowest BCUT2D eigenvalue weighted by Crippen LogP contribution is -2.35. The zero-order chi connectivity index (χ0) is 15.4. The molecule has 1 aromatic heterocycles. The highest BCUT2D eigenvalue weighted by Crippen LogP contribution is 2.29. The second-order valence-corrected chi connectivity index (χ2v) is 6.60. The van der Waals surface area contributed by atoms with Crippen molar-refractivity contribution in [2.75, 3.05) is 31.3 Å². The molecule has 20 heavy (non-hydrogen) atoms. The second kappa shape index (κ2) is 6.92. The number of hydrogen-bond donors (Lipinski definition) is 1. The molecule has 1 amide bonds. The average Bonchev–Trinajstić information content (AvgIpc) is 2.77. The summed E-state index contributed by atoms with van der Waals surface area (Å²) < 4.78 is 0. The summed E-state index contributed by atoms with van der Waals surface area (Å²) in [5.41, 5.74) is 5.90. The van der Waals surface area contributed by atoms with Crippen molar-refractivity contribution in [3.8, 4) is 0 Å². The van der Waals surface area contributed by atoms with Gasteiger partial charge in [0, 0.05) is 26.7 Å². The largest absolute Gasteiger partial charge is 0.382 e. The van der Waals surface area contributed by atoms with Gasteiger partial charge in [-0.25, -0.2) is 4.98 Å². The van der Waals surface area contributed by atoms with E-state index < -0.39 is 0 Å². The fourth-order valence-corrected chi connectivity index (χ4v) is 2.97. The molecule has 0 saturated carbocycles. The minimum absolute atomic E-state index is 0.0381. The molecule has 0 fully saturated rings. The van der Waals surface area contributed by atoms with E-state index in [1.807, 2.05) is 25.9 Å². The minimum Gasteiger partial charge on any atom is -0.382 e. The lowest BCUT2D eigenvalue weighted by Gasteiger charge is -2.25.